The average Bonchev–Trinajstić information content (AvgIpc) is 2.87. The van der Waals surface area contributed by atoms with Gasteiger partial charge >= 0.3 is 0 Å². The first-order valence-electron chi connectivity index (χ1n) is 3.81. The normalized spacial score (nSPS) is 14.0. The van der Waals surface area contributed by atoms with E-state index in [1.165, 1.54) is 6.38 Å². The molecule has 0 aromatic heterocycles. The van der Waals surface area contributed by atoms with E-state index in [0.29, 0.717) is 0 Å². The molecule has 0 heterocycles. The van der Waals surface area contributed by atoms with Crippen molar-refractivity contribution < 1.29 is 25.8 Å². The number of hydrogen-bond donors (Lipinski definition) is 0. The summed E-state index contributed by atoms with van der Waals surface area (Å²) < 4.78 is 0. The van der Waals surface area contributed by atoms with E-state index < -0.39 is 0 Å². The number of alkyl halides is 1. The van der Waals surface area contributed by atoms with Gasteiger partial charge in [0.1, 0.15) is 0 Å². The Morgan fingerprint density at radius 2 is 1.31 bits per heavy atom. The molecule has 0 bridgehead atoms. The van der Waals surface area contributed by atoms with Gasteiger partial charge in [-0.3, -0.25) is 12.2 Å². The van der Waals surface area contributed by atoms with Gasteiger partial charge in [0.25, 0.3) is 0 Å². The van der Waals surface area contributed by atoms with Gasteiger partial charge in [-0.1, -0.05) is 0 Å². The zero-order chi connectivity index (χ0) is 9.07. The molecule has 2 heteroatoms. The zero-order valence-electron chi connectivity index (χ0n) is 7.76. The van der Waals surface area contributed by atoms with Crippen LogP contribution in [0.15, 0.2) is 36.5 Å². The van der Waals surface area contributed by atoms with Crippen LogP contribution >= 0.6 is 11.6 Å². The largest absolute Gasteiger partial charge is 0.273 e. The molecule has 0 amide bonds. The third-order valence-corrected chi connectivity index (χ3v) is 1.17. The minimum Gasteiger partial charge on any atom is -0.273 e. The Bertz CT molecular complexity index is 148. The molecule has 0 N–H and O–H groups in total. The number of allylic oxidation sites excluding steroid dienone is 8. The van der Waals surface area contributed by atoms with Crippen molar-refractivity contribution >= 4 is 11.6 Å². The molecule has 13 heavy (non-hydrogen) atoms. The molecule has 0 fully saturated rings. The molecule has 0 atom stereocenters. The topological polar surface area (TPSA) is 0 Å². The summed E-state index contributed by atoms with van der Waals surface area (Å²) in [6.07, 6.45) is 21.5. The fraction of sp³-hybridized carbons (Fsp3) is 0.273. The van der Waals surface area contributed by atoms with Crippen molar-refractivity contribution in [3.05, 3.63) is 48.6 Å². The maximum Gasteiger partial charge on any atom is 0.0108 e. The van der Waals surface area contributed by atoms with Crippen molar-refractivity contribution in [3.63, 3.8) is 0 Å². The van der Waals surface area contributed by atoms with Crippen LogP contribution in [-0.2, 0) is 25.8 Å². The van der Waals surface area contributed by atoms with Gasteiger partial charge in [-0.2, -0.15) is 12.2 Å². The van der Waals surface area contributed by atoms with Gasteiger partial charge < -0.3 is 0 Å². The Morgan fingerprint density at radius 3 is 1.38 bits per heavy atom. The van der Waals surface area contributed by atoms with Crippen LogP contribution in [0, 0.1) is 12.2 Å². The van der Waals surface area contributed by atoms with Crippen LogP contribution in [0.25, 0.3) is 0 Å². The third kappa shape index (κ3) is 12.1. The van der Waals surface area contributed by atoms with Crippen molar-refractivity contribution in [2.24, 2.45) is 0 Å². The molecule has 2 aliphatic rings. The predicted molar refractivity (Wildman–Crippen MR) is 54.9 cm³/mol. The molecule has 0 aliphatic heterocycles. The van der Waals surface area contributed by atoms with Crippen LogP contribution in [-0.4, -0.2) is 6.38 Å². The van der Waals surface area contributed by atoms with E-state index >= 15 is 0 Å². The van der Waals surface area contributed by atoms with Gasteiger partial charge in [-0.15, -0.1) is 24.4 Å². The Labute approximate surface area is 105 Å². The van der Waals surface area contributed by atoms with Gasteiger partial charge in [-0.05, 0) is 0 Å². The Hall–Kier alpha value is 0.120. The summed E-state index contributed by atoms with van der Waals surface area (Å²) in [6, 6.07) is 0. The van der Waals surface area contributed by atoms with Gasteiger partial charge in [0.05, 0.1) is 0 Å². The van der Waals surface area contributed by atoms with Gasteiger partial charge in [0.15, 0.2) is 0 Å². The molecule has 0 saturated heterocycles. The summed E-state index contributed by atoms with van der Waals surface area (Å²) in [7, 11) is 0. The smallest absolute Gasteiger partial charge is 0.0108 e. The van der Waals surface area contributed by atoms with Crippen molar-refractivity contribution in [2.75, 3.05) is 6.38 Å². The Kier molecular flexibility index (Phi) is 17.5. The second-order valence-corrected chi connectivity index (χ2v) is 2.01. The Balaban J connectivity index is 0. The van der Waals surface area contributed by atoms with E-state index in [-0.39, 0.29) is 25.8 Å². The van der Waals surface area contributed by atoms with E-state index in [1.807, 2.05) is 24.3 Å². The van der Waals surface area contributed by atoms with E-state index in [4.69, 9.17) is 0 Å². The monoisotopic (exact) mass is 360 g/mol. The molecule has 70 valence electrons. The van der Waals surface area contributed by atoms with E-state index in [1.54, 1.807) is 0 Å². The first kappa shape index (κ1) is 15.6. The van der Waals surface area contributed by atoms with Gasteiger partial charge in [0.2, 0.25) is 0 Å². The SMILES string of the molecule is CCl.[C-]1=CC=CC1.[C-]1=CC=CC1.[Hf]. The zero-order valence-corrected chi connectivity index (χ0v) is 12.1. The first-order chi connectivity index (χ1) is 6.00. The van der Waals surface area contributed by atoms with Crippen LogP contribution in [0.1, 0.15) is 12.8 Å². The van der Waals surface area contributed by atoms with Crippen LogP contribution in [0.5, 0.6) is 0 Å². The molecule has 0 aromatic rings. The van der Waals surface area contributed by atoms with Crippen LogP contribution in [0.4, 0.5) is 0 Å². The molecule has 0 saturated carbocycles. The summed E-state index contributed by atoms with van der Waals surface area (Å²) in [4.78, 5) is 0. The van der Waals surface area contributed by atoms with E-state index in [2.05, 4.69) is 35.9 Å². The van der Waals surface area contributed by atoms with Gasteiger partial charge in [0, 0.05) is 32.2 Å². The predicted octanol–water partition coefficient (Wildman–Crippen LogP) is 3.46. The molecule has 2 aliphatic carbocycles. The van der Waals surface area contributed by atoms with Crippen molar-refractivity contribution in [2.45, 2.75) is 12.8 Å². The number of rotatable bonds is 0. The average molecular weight is 359 g/mol. The van der Waals surface area contributed by atoms with Crippen molar-refractivity contribution in [1.29, 1.82) is 0 Å². The molecule has 0 radical (unpaired) electrons. The maximum absolute atomic E-state index is 4.64. The molecular weight excluding hydrogens is 346 g/mol. The summed E-state index contributed by atoms with van der Waals surface area (Å²) in [5, 5.41) is 0. The van der Waals surface area contributed by atoms with Gasteiger partial charge in [-0.25, -0.2) is 24.3 Å². The standard InChI is InChI=1S/2C5H5.CH3Cl.Hf/c2*1-2-4-5-3-1;1-2;/h2*1-3H,4H2;1H3;/q2*-1;;. The number of halogens is 1. The second-order valence-electron chi connectivity index (χ2n) is 2.01. The molecule has 0 nitrogen and oxygen atoms in total. The molecule has 2 rings (SSSR count). The fourth-order valence-corrected chi connectivity index (χ4v) is 0.680. The Morgan fingerprint density at radius 1 is 0.923 bits per heavy atom. The van der Waals surface area contributed by atoms with Crippen molar-refractivity contribution in [3.8, 4) is 0 Å². The van der Waals surface area contributed by atoms with Crippen LogP contribution in [0.3, 0.4) is 0 Å². The summed E-state index contributed by atoms with van der Waals surface area (Å²) in [5.41, 5.74) is 0. The van der Waals surface area contributed by atoms with E-state index in [9.17, 15) is 0 Å². The molecule has 0 aromatic carbocycles. The van der Waals surface area contributed by atoms with Crippen LogP contribution in [0.2, 0.25) is 0 Å². The summed E-state index contributed by atoms with van der Waals surface area (Å²) in [6.45, 7) is 0. The second kappa shape index (κ2) is 14.6. The van der Waals surface area contributed by atoms with E-state index in [0.717, 1.165) is 12.8 Å². The fourth-order valence-electron chi connectivity index (χ4n) is 0.680. The first-order valence-corrected chi connectivity index (χ1v) is 4.57. The molecule has 0 spiro atoms. The van der Waals surface area contributed by atoms with Crippen LogP contribution < -0.4 is 0 Å². The quantitative estimate of drug-likeness (QED) is 0.353. The summed E-state index contributed by atoms with van der Waals surface area (Å²) in [5.74, 6) is 0. The van der Waals surface area contributed by atoms with Crippen molar-refractivity contribution in [1.82, 2.24) is 0 Å². The minimum atomic E-state index is 0. The number of hydrogen-bond acceptors (Lipinski definition) is 0. The molecule has 0 unspecified atom stereocenters. The summed E-state index contributed by atoms with van der Waals surface area (Å²) >= 11 is 4.64. The third-order valence-electron chi connectivity index (χ3n) is 1.17. The maximum atomic E-state index is 4.64. The molecular formula is C11H13ClHf-2. The minimum absolute atomic E-state index is 0.